The fraction of sp³-hybridized carbons (Fsp3) is 0.471. The summed E-state index contributed by atoms with van der Waals surface area (Å²) in [5.74, 6) is 2.39. The summed E-state index contributed by atoms with van der Waals surface area (Å²) in [5.41, 5.74) is 2.11. The standard InChI is InChI=1S/C17H22N4O/c1-13-11-18-7-4-16(13)22-12-15-5-9-21(10-6-15)17-19-8-3-14(2)20-17/h3-4,7-8,11,15H,5-6,9-10,12H2,1-2H3. The Kier molecular flexibility index (Phi) is 4.51. The molecule has 2 aromatic rings. The smallest absolute Gasteiger partial charge is 0.225 e. The van der Waals surface area contributed by atoms with Crippen LogP contribution >= 0.6 is 0 Å². The van der Waals surface area contributed by atoms with Crippen LogP contribution in [0.4, 0.5) is 5.95 Å². The maximum atomic E-state index is 5.95. The number of pyridine rings is 1. The molecule has 5 heteroatoms. The predicted octanol–water partition coefficient (Wildman–Crippen LogP) is 2.78. The fourth-order valence-electron chi connectivity index (χ4n) is 2.72. The van der Waals surface area contributed by atoms with E-state index in [0.29, 0.717) is 5.92 Å². The van der Waals surface area contributed by atoms with Crippen molar-refractivity contribution in [3.63, 3.8) is 0 Å². The van der Waals surface area contributed by atoms with Gasteiger partial charge in [0.1, 0.15) is 5.75 Å². The largest absolute Gasteiger partial charge is 0.493 e. The third-order valence-electron chi connectivity index (χ3n) is 4.12. The van der Waals surface area contributed by atoms with E-state index < -0.39 is 0 Å². The van der Waals surface area contributed by atoms with Gasteiger partial charge in [-0.05, 0) is 44.7 Å². The van der Waals surface area contributed by atoms with Crippen molar-refractivity contribution in [1.82, 2.24) is 15.0 Å². The van der Waals surface area contributed by atoms with Crippen molar-refractivity contribution < 1.29 is 4.74 Å². The number of anilines is 1. The molecule has 3 rings (SSSR count). The van der Waals surface area contributed by atoms with Crippen molar-refractivity contribution in [3.05, 3.63) is 42.0 Å². The Hall–Kier alpha value is -2.17. The van der Waals surface area contributed by atoms with Crippen LogP contribution in [-0.4, -0.2) is 34.6 Å². The van der Waals surface area contributed by atoms with Crippen LogP contribution in [-0.2, 0) is 0 Å². The van der Waals surface area contributed by atoms with Crippen LogP contribution in [0.3, 0.4) is 0 Å². The maximum Gasteiger partial charge on any atom is 0.225 e. The van der Waals surface area contributed by atoms with Crippen LogP contribution < -0.4 is 9.64 Å². The quantitative estimate of drug-likeness (QED) is 0.868. The molecule has 1 fully saturated rings. The molecule has 0 unspecified atom stereocenters. The third kappa shape index (κ3) is 3.53. The molecule has 1 saturated heterocycles. The highest BCUT2D eigenvalue weighted by molar-refractivity contribution is 5.31. The lowest BCUT2D eigenvalue weighted by molar-refractivity contribution is 0.221. The summed E-state index contributed by atoms with van der Waals surface area (Å²) in [6.07, 6.45) is 7.68. The van der Waals surface area contributed by atoms with Gasteiger partial charge >= 0.3 is 0 Å². The van der Waals surface area contributed by atoms with E-state index in [2.05, 4.69) is 19.9 Å². The van der Waals surface area contributed by atoms with E-state index in [1.807, 2.05) is 38.4 Å². The first-order valence-electron chi connectivity index (χ1n) is 7.80. The summed E-state index contributed by atoms with van der Waals surface area (Å²) in [5, 5.41) is 0. The van der Waals surface area contributed by atoms with Crippen LogP contribution in [0.2, 0.25) is 0 Å². The Labute approximate surface area is 131 Å². The number of aryl methyl sites for hydroxylation is 2. The van der Waals surface area contributed by atoms with Crippen LogP contribution in [0, 0.1) is 19.8 Å². The second-order valence-electron chi connectivity index (χ2n) is 5.88. The van der Waals surface area contributed by atoms with E-state index in [-0.39, 0.29) is 0 Å². The van der Waals surface area contributed by atoms with E-state index in [1.54, 1.807) is 6.20 Å². The zero-order valence-corrected chi connectivity index (χ0v) is 13.2. The Morgan fingerprint density at radius 1 is 1.18 bits per heavy atom. The Balaban J connectivity index is 1.51. The zero-order chi connectivity index (χ0) is 15.4. The topological polar surface area (TPSA) is 51.1 Å². The minimum atomic E-state index is 0.591. The highest BCUT2D eigenvalue weighted by atomic mass is 16.5. The molecule has 116 valence electrons. The van der Waals surface area contributed by atoms with Gasteiger partial charge in [0.05, 0.1) is 6.61 Å². The monoisotopic (exact) mass is 298 g/mol. The summed E-state index contributed by atoms with van der Waals surface area (Å²) in [4.78, 5) is 15.2. The van der Waals surface area contributed by atoms with Gasteiger partial charge in [-0.25, -0.2) is 9.97 Å². The van der Waals surface area contributed by atoms with Crippen molar-refractivity contribution in [2.45, 2.75) is 26.7 Å². The fourth-order valence-corrected chi connectivity index (χ4v) is 2.72. The molecule has 2 aromatic heterocycles. The number of aromatic nitrogens is 3. The highest BCUT2D eigenvalue weighted by Crippen LogP contribution is 2.23. The molecular formula is C17H22N4O. The summed E-state index contributed by atoms with van der Waals surface area (Å²) in [7, 11) is 0. The highest BCUT2D eigenvalue weighted by Gasteiger charge is 2.21. The molecule has 3 heterocycles. The number of rotatable bonds is 4. The first-order valence-corrected chi connectivity index (χ1v) is 7.80. The number of hydrogen-bond acceptors (Lipinski definition) is 5. The van der Waals surface area contributed by atoms with E-state index in [1.165, 1.54) is 0 Å². The van der Waals surface area contributed by atoms with Gasteiger partial charge in [0.15, 0.2) is 0 Å². The van der Waals surface area contributed by atoms with E-state index in [0.717, 1.165) is 55.5 Å². The second kappa shape index (κ2) is 6.73. The van der Waals surface area contributed by atoms with E-state index in [9.17, 15) is 0 Å². The normalized spacial score (nSPS) is 15.8. The van der Waals surface area contributed by atoms with Crippen molar-refractivity contribution >= 4 is 5.95 Å². The van der Waals surface area contributed by atoms with E-state index >= 15 is 0 Å². The Morgan fingerprint density at radius 3 is 2.73 bits per heavy atom. The number of hydrogen-bond donors (Lipinski definition) is 0. The molecule has 0 atom stereocenters. The number of nitrogens with zero attached hydrogens (tertiary/aromatic N) is 4. The Bertz CT molecular complexity index is 624. The lowest BCUT2D eigenvalue weighted by Crippen LogP contribution is -2.36. The molecule has 0 bridgehead atoms. The van der Waals surface area contributed by atoms with Gasteiger partial charge < -0.3 is 9.64 Å². The maximum absolute atomic E-state index is 5.95. The van der Waals surface area contributed by atoms with Gasteiger partial charge in [0, 0.05) is 42.9 Å². The molecule has 0 saturated carbocycles. The van der Waals surface area contributed by atoms with Crippen LogP contribution in [0.5, 0.6) is 5.75 Å². The first-order chi connectivity index (χ1) is 10.7. The van der Waals surface area contributed by atoms with Crippen LogP contribution in [0.15, 0.2) is 30.7 Å². The molecule has 0 aliphatic carbocycles. The number of ether oxygens (including phenoxy) is 1. The van der Waals surface area contributed by atoms with Gasteiger partial charge in [-0.2, -0.15) is 0 Å². The van der Waals surface area contributed by atoms with Crippen molar-refractivity contribution in [2.75, 3.05) is 24.6 Å². The minimum Gasteiger partial charge on any atom is -0.493 e. The molecule has 0 aromatic carbocycles. The minimum absolute atomic E-state index is 0.591. The first kappa shape index (κ1) is 14.8. The predicted molar refractivity (Wildman–Crippen MR) is 86.2 cm³/mol. The average Bonchev–Trinajstić information content (AvgIpc) is 2.55. The molecule has 0 N–H and O–H groups in total. The van der Waals surface area contributed by atoms with Gasteiger partial charge in [0.25, 0.3) is 0 Å². The molecule has 1 aliphatic rings. The lowest BCUT2D eigenvalue weighted by atomic mass is 9.98. The third-order valence-corrected chi connectivity index (χ3v) is 4.12. The number of piperidine rings is 1. The van der Waals surface area contributed by atoms with Gasteiger partial charge in [0.2, 0.25) is 5.95 Å². The average molecular weight is 298 g/mol. The molecule has 0 spiro atoms. The van der Waals surface area contributed by atoms with Gasteiger partial charge in [-0.3, -0.25) is 4.98 Å². The van der Waals surface area contributed by atoms with Gasteiger partial charge in [-0.1, -0.05) is 0 Å². The Morgan fingerprint density at radius 2 is 2.00 bits per heavy atom. The molecule has 0 radical (unpaired) electrons. The second-order valence-corrected chi connectivity index (χ2v) is 5.88. The molecule has 5 nitrogen and oxygen atoms in total. The van der Waals surface area contributed by atoms with Crippen molar-refractivity contribution in [2.24, 2.45) is 5.92 Å². The molecule has 1 aliphatic heterocycles. The summed E-state index contributed by atoms with van der Waals surface area (Å²) in [6, 6.07) is 3.87. The summed E-state index contributed by atoms with van der Waals surface area (Å²) >= 11 is 0. The summed E-state index contributed by atoms with van der Waals surface area (Å²) in [6.45, 7) is 6.79. The SMILES string of the molecule is Cc1ccnc(N2CCC(COc3ccncc3C)CC2)n1. The summed E-state index contributed by atoms with van der Waals surface area (Å²) < 4.78 is 5.95. The molecule has 0 amide bonds. The lowest BCUT2D eigenvalue weighted by Gasteiger charge is -2.32. The molecule has 22 heavy (non-hydrogen) atoms. The van der Waals surface area contributed by atoms with Crippen LogP contribution in [0.25, 0.3) is 0 Å². The zero-order valence-electron chi connectivity index (χ0n) is 13.2. The van der Waals surface area contributed by atoms with Crippen LogP contribution in [0.1, 0.15) is 24.1 Å². The van der Waals surface area contributed by atoms with Gasteiger partial charge in [-0.15, -0.1) is 0 Å². The van der Waals surface area contributed by atoms with Crippen molar-refractivity contribution in [1.29, 1.82) is 0 Å². The van der Waals surface area contributed by atoms with Crippen molar-refractivity contribution in [3.8, 4) is 5.75 Å². The molecular weight excluding hydrogens is 276 g/mol. The van der Waals surface area contributed by atoms with E-state index in [4.69, 9.17) is 4.74 Å².